The minimum atomic E-state index is -1.29. The minimum Gasteiger partial charge on any atom is -0.466 e. The van der Waals surface area contributed by atoms with Crippen LogP contribution >= 0.6 is 11.3 Å². The molecule has 1 aromatic heterocycles. The highest BCUT2D eigenvalue weighted by Gasteiger charge is 2.24. The number of ether oxygens (including phenoxy) is 1. The molecule has 1 aromatic rings. The Bertz CT molecular complexity index is 448. The van der Waals surface area contributed by atoms with Crippen LogP contribution in [0.5, 0.6) is 0 Å². The normalized spacial score (nSPS) is 13.7. The highest BCUT2D eigenvalue weighted by molar-refractivity contribution is 7.14. The molecule has 0 radical (unpaired) electrons. The van der Waals surface area contributed by atoms with Gasteiger partial charge in [-0.25, -0.2) is 5.84 Å². The van der Waals surface area contributed by atoms with E-state index in [4.69, 9.17) is 5.84 Å². The molecule has 0 bridgehead atoms. The van der Waals surface area contributed by atoms with Gasteiger partial charge in [0.1, 0.15) is 6.10 Å². The number of hydrazine groups is 1. The number of nitrogens with one attached hydrogen (secondary N) is 1. The van der Waals surface area contributed by atoms with Crippen LogP contribution in [0.4, 0.5) is 0 Å². The fourth-order valence-corrected chi connectivity index (χ4v) is 2.35. The molecule has 0 saturated heterocycles. The molecule has 0 saturated carbocycles. The van der Waals surface area contributed by atoms with Crippen molar-refractivity contribution in [1.29, 1.82) is 0 Å². The zero-order valence-electron chi connectivity index (χ0n) is 10.3. The average molecular weight is 288 g/mol. The summed E-state index contributed by atoms with van der Waals surface area (Å²) in [7, 11) is 0. The lowest BCUT2D eigenvalue weighted by molar-refractivity contribution is -0.147. The summed E-state index contributed by atoms with van der Waals surface area (Å²) in [6, 6.07) is 2.97. The molecule has 8 heteroatoms. The number of amides is 1. The molecule has 1 rings (SSSR count). The van der Waals surface area contributed by atoms with Gasteiger partial charge in [-0.05, 0) is 19.1 Å². The van der Waals surface area contributed by atoms with Gasteiger partial charge in [0.25, 0.3) is 5.91 Å². The SMILES string of the molecule is CCOC(=O)CC(O)C(O)c1ccc(C(=O)NN)s1. The van der Waals surface area contributed by atoms with Crippen molar-refractivity contribution in [3.63, 3.8) is 0 Å². The van der Waals surface area contributed by atoms with Crippen molar-refractivity contribution in [2.24, 2.45) is 5.84 Å². The van der Waals surface area contributed by atoms with Gasteiger partial charge < -0.3 is 14.9 Å². The number of hydrogen-bond donors (Lipinski definition) is 4. The summed E-state index contributed by atoms with van der Waals surface area (Å²) in [5.41, 5.74) is 1.96. The van der Waals surface area contributed by atoms with Crippen molar-refractivity contribution < 1.29 is 24.5 Å². The summed E-state index contributed by atoms with van der Waals surface area (Å²) >= 11 is 0.988. The number of nitrogens with two attached hydrogens (primary N) is 1. The van der Waals surface area contributed by atoms with Crippen LogP contribution in [0.15, 0.2) is 12.1 Å². The summed E-state index contributed by atoms with van der Waals surface area (Å²) in [5, 5.41) is 19.6. The largest absolute Gasteiger partial charge is 0.466 e. The molecule has 19 heavy (non-hydrogen) atoms. The lowest BCUT2D eigenvalue weighted by Crippen LogP contribution is -2.29. The van der Waals surface area contributed by atoms with Crippen LogP contribution in [0, 0.1) is 0 Å². The second kappa shape index (κ2) is 7.19. The van der Waals surface area contributed by atoms with Gasteiger partial charge in [0, 0.05) is 4.88 Å². The zero-order chi connectivity index (χ0) is 14.4. The van der Waals surface area contributed by atoms with E-state index in [9.17, 15) is 19.8 Å². The van der Waals surface area contributed by atoms with Gasteiger partial charge in [0.15, 0.2) is 0 Å². The molecule has 0 aromatic carbocycles. The van der Waals surface area contributed by atoms with Crippen LogP contribution in [0.25, 0.3) is 0 Å². The highest BCUT2D eigenvalue weighted by Crippen LogP contribution is 2.26. The van der Waals surface area contributed by atoms with E-state index in [1.54, 1.807) is 6.92 Å². The van der Waals surface area contributed by atoms with Crippen molar-refractivity contribution in [3.8, 4) is 0 Å². The lowest BCUT2D eigenvalue weighted by atomic mass is 10.1. The monoisotopic (exact) mass is 288 g/mol. The third kappa shape index (κ3) is 4.28. The van der Waals surface area contributed by atoms with Gasteiger partial charge in [-0.1, -0.05) is 0 Å². The van der Waals surface area contributed by atoms with Crippen LogP contribution in [0.2, 0.25) is 0 Å². The fourth-order valence-electron chi connectivity index (χ4n) is 1.40. The molecule has 1 amide bonds. The molecule has 1 heterocycles. The topological polar surface area (TPSA) is 122 Å². The molecule has 7 nitrogen and oxygen atoms in total. The summed E-state index contributed by atoms with van der Waals surface area (Å²) < 4.78 is 4.67. The van der Waals surface area contributed by atoms with Crippen molar-refractivity contribution >= 4 is 23.2 Å². The van der Waals surface area contributed by atoms with Crippen LogP contribution in [0.3, 0.4) is 0 Å². The predicted octanol–water partition coefficient (Wildman–Crippen LogP) is -0.301. The van der Waals surface area contributed by atoms with Gasteiger partial charge in [-0.3, -0.25) is 15.0 Å². The summed E-state index contributed by atoms with van der Waals surface area (Å²) in [5.74, 6) is 3.91. The number of nitrogen functional groups attached to an aromatic ring is 1. The highest BCUT2D eigenvalue weighted by atomic mass is 32.1. The molecule has 0 fully saturated rings. The molecular formula is C11H16N2O5S. The number of rotatable bonds is 6. The standard InChI is InChI=1S/C11H16N2O5S/c1-2-18-9(15)5-6(14)10(16)7-3-4-8(19-7)11(17)13-12/h3-4,6,10,14,16H,2,5,12H2,1H3,(H,13,17). The van der Waals surface area contributed by atoms with E-state index in [0.717, 1.165) is 11.3 Å². The first-order valence-electron chi connectivity index (χ1n) is 5.62. The van der Waals surface area contributed by atoms with E-state index in [0.29, 0.717) is 9.75 Å². The van der Waals surface area contributed by atoms with Crippen LogP contribution in [-0.2, 0) is 9.53 Å². The van der Waals surface area contributed by atoms with Crippen molar-refractivity contribution in [3.05, 3.63) is 21.9 Å². The molecule has 106 valence electrons. The van der Waals surface area contributed by atoms with Crippen LogP contribution in [-0.4, -0.2) is 34.8 Å². The molecule has 0 aliphatic carbocycles. The van der Waals surface area contributed by atoms with Crippen molar-refractivity contribution in [2.45, 2.75) is 25.6 Å². The molecule has 0 aliphatic heterocycles. The second-order valence-corrected chi connectivity index (χ2v) is 4.81. The molecule has 5 N–H and O–H groups in total. The number of carbonyl (C=O) groups is 2. The van der Waals surface area contributed by atoms with Crippen LogP contribution in [0.1, 0.15) is 34.0 Å². The summed E-state index contributed by atoms with van der Waals surface area (Å²) in [6.07, 6.45) is -2.86. The Morgan fingerprint density at radius 2 is 2.16 bits per heavy atom. The molecule has 2 atom stereocenters. The third-order valence-electron chi connectivity index (χ3n) is 2.32. The molecule has 0 spiro atoms. The number of aliphatic hydroxyl groups is 2. The Hall–Kier alpha value is -1.48. The van der Waals surface area contributed by atoms with E-state index in [1.807, 2.05) is 5.43 Å². The molecule has 0 aliphatic rings. The number of aliphatic hydroxyl groups excluding tert-OH is 2. The average Bonchev–Trinajstić information content (AvgIpc) is 2.86. The quantitative estimate of drug-likeness (QED) is 0.247. The smallest absolute Gasteiger partial charge is 0.308 e. The van der Waals surface area contributed by atoms with E-state index in [2.05, 4.69) is 4.74 Å². The van der Waals surface area contributed by atoms with Crippen molar-refractivity contribution in [1.82, 2.24) is 5.43 Å². The fraction of sp³-hybridized carbons (Fsp3) is 0.455. The third-order valence-corrected chi connectivity index (χ3v) is 3.47. The van der Waals surface area contributed by atoms with E-state index < -0.39 is 24.1 Å². The summed E-state index contributed by atoms with van der Waals surface area (Å²) in [4.78, 5) is 23.1. The maximum absolute atomic E-state index is 11.2. The molecular weight excluding hydrogens is 272 g/mol. The van der Waals surface area contributed by atoms with Crippen molar-refractivity contribution in [2.75, 3.05) is 6.61 Å². The first kappa shape index (κ1) is 15.6. The molecule has 2 unspecified atom stereocenters. The Kier molecular flexibility index (Phi) is 5.90. The van der Waals surface area contributed by atoms with E-state index in [-0.39, 0.29) is 13.0 Å². The second-order valence-electron chi connectivity index (χ2n) is 3.70. The Labute approximate surface area is 114 Å². The Morgan fingerprint density at radius 1 is 1.47 bits per heavy atom. The number of esters is 1. The maximum atomic E-state index is 11.2. The Morgan fingerprint density at radius 3 is 2.74 bits per heavy atom. The Balaban J connectivity index is 2.66. The van der Waals surface area contributed by atoms with Gasteiger partial charge >= 0.3 is 5.97 Å². The van der Waals surface area contributed by atoms with Gasteiger partial charge in [0.2, 0.25) is 0 Å². The number of hydrogen-bond acceptors (Lipinski definition) is 7. The number of carbonyl (C=O) groups excluding carboxylic acids is 2. The van der Waals surface area contributed by atoms with Gasteiger partial charge in [-0.15, -0.1) is 11.3 Å². The van der Waals surface area contributed by atoms with Gasteiger partial charge in [-0.2, -0.15) is 0 Å². The van der Waals surface area contributed by atoms with Crippen LogP contribution < -0.4 is 11.3 Å². The first-order valence-corrected chi connectivity index (χ1v) is 6.43. The summed E-state index contributed by atoms with van der Waals surface area (Å²) in [6.45, 7) is 1.86. The van der Waals surface area contributed by atoms with Gasteiger partial charge in [0.05, 0.1) is 24.0 Å². The number of thiophene rings is 1. The zero-order valence-corrected chi connectivity index (χ0v) is 11.1. The maximum Gasteiger partial charge on any atom is 0.308 e. The predicted molar refractivity (Wildman–Crippen MR) is 68.2 cm³/mol. The minimum absolute atomic E-state index is 0.210. The van der Waals surface area contributed by atoms with E-state index >= 15 is 0 Å². The lowest BCUT2D eigenvalue weighted by Gasteiger charge is -2.15. The first-order chi connectivity index (χ1) is 8.99. The van der Waals surface area contributed by atoms with E-state index in [1.165, 1.54) is 12.1 Å².